The number of aromatic nitrogens is 5. The summed E-state index contributed by atoms with van der Waals surface area (Å²) in [6.07, 6.45) is 1.04. The maximum absolute atomic E-state index is 15.4. The molecule has 1 amide bonds. The SMILES string of the molecule is [2H]C([2H])(C)C(=C)C(=O)Nc1ccc(-c2c(-c3ccc(Oc4nccc(C)n4)c(F)c3)c3c(N)ncnc3n2C)cc1. The lowest BCUT2D eigenvalue weighted by molar-refractivity contribution is -0.112. The summed E-state index contributed by atoms with van der Waals surface area (Å²) < 4.78 is 38.2. The number of carbonyl (C=O) groups is 1. The van der Waals surface area contributed by atoms with Gasteiger partial charge in [-0.1, -0.05) is 31.7 Å². The van der Waals surface area contributed by atoms with E-state index in [0.29, 0.717) is 39.2 Å². The van der Waals surface area contributed by atoms with Crippen molar-refractivity contribution in [3.05, 3.63) is 84.7 Å². The molecular weight excluding hydrogens is 497 g/mol. The van der Waals surface area contributed by atoms with E-state index in [4.69, 9.17) is 13.2 Å². The van der Waals surface area contributed by atoms with Crippen molar-refractivity contribution in [2.45, 2.75) is 20.2 Å². The Bertz CT molecular complexity index is 1820. The van der Waals surface area contributed by atoms with Crippen molar-refractivity contribution >= 4 is 28.4 Å². The molecule has 0 fully saturated rings. The summed E-state index contributed by atoms with van der Waals surface area (Å²) in [5.41, 5.74) is 10.3. The smallest absolute Gasteiger partial charge is 0.322 e. The number of fused-ring (bicyclic) bond motifs is 1. The Morgan fingerprint density at radius 2 is 1.90 bits per heavy atom. The molecule has 10 heteroatoms. The summed E-state index contributed by atoms with van der Waals surface area (Å²) >= 11 is 0. The lowest BCUT2D eigenvalue weighted by Gasteiger charge is -2.12. The minimum Gasteiger partial charge on any atom is -0.421 e. The molecule has 0 bridgehead atoms. The van der Waals surface area contributed by atoms with Crippen LogP contribution in [0, 0.1) is 12.7 Å². The number of nitrogens with one attached hydrogen (secondary N) is 1. The van der Waals surface area contributed by atoms with Crippen molar-refractivity contribution in [2.24, 2.45) is 7.05 Å². The molecule has 0 saturated heterocycles. The van der Waals surface area contributed by atoms with Gasteiger partial charge in [0.25, 0.3) is 5.91 Å². The van der Waals surface area contributed by atoms with Crippen LogP contribution in [-0.4, -0.2) is 30.4 Å². The Labute approximate surface area is 227 Å². The Morgan fingerprint density at radius 1 is 1.15 bits per heavy atom. The average molecular weight is 526 g/mol. The molecule has 5 rings (SSSR count). The lowest BCUT2D eigenvalue weighted by atomic mass is 9.98. The summed E-state index contributed by atoms with van der Waals surface area (Å²) in [5.74, 6) is -1.05. The number of halogens is 1. The Kier molecular flexibility index (Phi) is 6.10. The number of rotatable bonds is 7. The number of ether oxygens (including phenoxy) is 1. The van der Waals surface area contributed by atoms with Gasteiger partial charge in [-0.15, -0.1) is 0 Å². The van der Waals surface area contributed by atoms with Crippen LogP contribution in [0.5, 0.6) is 11.8 Å². The van der Waals surface area contributed by atoms with Crippen LogP contribution in [0.1, 0.15) is 21.7 Å². The van der Waals surface area contributed by atoms with Gasteiger partial charge in [-0.25, -0.2) is 24.3 Å². The molecule has 0 aliphatic heterocycles. The van der Waals surface area contributed by atoms with E-state index in [1.165, 1.54) is 31.6 Å². The van der Waals surface area contributed by atoms with Gasteiger partial charge in [-0.05, 0) is 54.8 Å². The standard InChI is InChI=1S/C29H26FN7O2/c1-5-16(2)28(38)36-20-9-6-18(7-10-20)25-23(24-26(31)33-15-34-27(24)37(25)4)19-8-11-22(21(30)14-19)39-29-32-13-12-17(3)35-29/h6-15H,2,5H2,1,3-4H3,(H,36,38)(H2,31,33,34)/i5D2. The van der Waals surface area contributed by atoms with Crippen molar-refractivity contribution in [1.82, 2.24) is 24.5 Å². The molecule has 0 radical (unpaired) electrons. The van der Waals surface area contributed by atoms with Crippen LogP contribution >= 0.6 is 0 Å². The van der Waals surface area contributed by atoms with E-state index in [9.17, 15) is 4.79 Å². The highest BCUT2D eigenvalue weighted by molar-refractivity contribution is 6.08. The maximum Gasteiger partial charge on any atom is 0.322 e. The van der Waals surface area contributed by atoms with Crippen LogP contribution in [0.2, 0.25) is 0 Å². The number of anilines is 2. The molecule has 5 aromatic rings. The van der Waals surface area contributed by atoms with Gasteiger partial charge in [-0.2, -0.15) is 0 Å². The summed E-state index contributed by atoms with van der Waals surface area (Å²) in [6, 6.07) is 13.2. The summed E-state index contributed by atoms with van der Waals surface area (Å²) in [5, 5.41) is 3.21. The number of aryl methyl sites for hydroxylation is 2. The van der Waals surface area contributed by atoms with Crippen molar-refractivity contribution < 1.29 is 16.7 Å². The third-order valence-corrected chi connectivity index (χ3v) is 6.18. The molecule has 0 aliphatic carbocycles. The van der Waals surface area contributed by atoms with Gasteiger partial charge in [0.1, 0.15) is 17.8 Å². The molecule has 3 N–H and O–H groups in total. The minimum absolute atomic E-state index is 0.0333. The third-order valence-electron chi connectivity index (χ3n) is 6.18. The second kappa shape index (κ2) is 10.3. The van der Waals surface area contributed by atoms with Crippen LogP contribution in [0.3, 0.4) is 0 Å². The van der Waals surface area contributed by atoms with E-state index in [2.05, 4.69) is 31.8 Å². The maximum atomic E-state index is 15.4. The predicted molar refractivity (Wildman–Crippen MR) is 149 cm³/mol. The normalized spacial score (nSPS) is 12.1. The first-order valence-electron chi connectivity index (χ1n) is 12.9. The second-order valence-corrected chi connectivity index (χ2v) is 8.73. The van der Waals surface area contributed by atoms with Gasteiger partial charge in [0, 0.05) is 38.5 Å². The van der Waals surface area contributed by atoms with Gasteiger partial charge in [0.05, 0.1) is 11.1 Å². The Hall–Kier alpha value is -5.12. The lowest BCUT2D eigenvalue weighted by Crippen LogP contribution is -2.13. The topological polar surface area (TPSA) is 121 Å². The molecule has 0 unspecified atom stereocenters. The van der Waals surface area contributed by atoms with Gasteiger partial charge in [0.2, 0.25) is 0 Å². The summed E-state index contributed by atoms with van der Waals surface area (Å²) in [7, 11) is 1.82. The number of benzene rings is 2. The Balaban J connectivity index is 1.56. The number of carbonyl (C=O) groups excluding carboxylic acids is 1. The summed E-state index contributed by atoms with van der Waals surface area (Å²) in [6.45, 7) is 6.61. The summed E-state index contributed by atoms with van der Waals surface area (Å²) in [4.78, 5) is 29.2. The zero-order chi connectivity index (χ0) is 29.5. The molecule has 3 aromatic heterocycles. The van der Waals surface area contributed by atoms with Gasteiger partial charge >= 0.3 is 6.01 Å². The molecular formula is C29H26FN7O2. The molecule has 3 heterocycles. The van der Waals surface area contributed by atoms with E-state index < -0.39 is 18.1 Å². The van der Waals surface area contributed by atoms with Crippen LogP contribution < -0.4 is 15.8 Å². The Morgan fingerprint density at radius 3 is 2.59 bits per heavy atom. The highest BCUT2D eigenvalue weighted by atomic mass is 19.1. The number of amides is 1. The highest BCUT2D eigenvalue weighted by Gasteiger charge is 2.23. The van der Waals surface area contributed by atoms with E-state index in [-0.39, 0.29) is 23.2 Å². The average Bonchev–Trinajstić information content (AvgIpc) is 3.22. The van der Waals surface area contributed by atoms with Crippen molar-refractivity contribution in [3.63, 3.8) is 0 Å². The van der Waals surface area contributed by atoms with Gasteiger partial charge in [0.15, 0.2) is 11.6 Å². The first-order chi connectivity index (χ1) is 19.4. The fourth-order valence-electron chi connectivity index (χ4n) is 4.24. The molecule has 39 heavy (non-hydrogen) atoms. The van der Waals surface area contributed by atoms with Crippen LogP contribution in [-0.2, 0) is 11.8 Å². The molecule has 0 aliphatic rings. The van der Waals surface area contributed by atoms with Crippen molar-refractivity contribution in [2.75, 3.05) is 11.1 Å². The third kappa shape index (κ3) is 4.91. The van der Waals surface area contributed by atoms with Crippen LogP contribution in [0.15, 0.2) is 73.2 Å². The molecule has 196 valence electrons. The van der Waals surface area contributed by atoms with Gasteiger partial charge < -0.3 is 20.4 Å². The number of nitrogen functional groups attached to an aromatic ring is 1. The molecule has 9 nitrogen and oxygen atoms in total. The van der Waals surface area contributed by atoms with Crippen molar-refractivity contribution in [1.29, 1.82) is 0 Å². The number of hydrogen-bond donors (Lipinski definition) is 2. The second-order valence-electron chi connectivity index (χ2n) is 8.73. The molecule has 0 spiro atoms. The molecule has 0 atom stereocenters. The monoisotopic (exact) mass is 525 g/mol. The first-order valence-corrected chi connectivity index (χ1v) is 11.9. The first kappa shape index (κ1) is 23.0. The number of nitrogens with two attached hydrogens (primary N) is 1. The van der Waals surface area contributed by atoms with E-state index in [0.717, 1.165) is 5.56 Å². The fraction of sp³-hybridized carbons (Fsp3) is 0.138. The van der Waals surface area contributed by atoms with E-state index >= 15 is 4.39 Å². The molecule has 2 aromatic carbocycles. The molecule has 0 saturated carbocycles. The zero-order valence-electron chi connectivity index (χ0n) is 23.5. The van der Waals surface area contributed by atoms with Crippen LogP contribution in [0.4, 0.5) is 15.9 Å². The highest BCUT2D eigenvalue weighted by Crippen LogP contribution is 2.42. The minimum atomic E-state index is -1.86. The van der Waals surface area contributed by atoms with Gasteiger partial charge in [-0.3, -0.25) is 4.79 Å². The number of hydrogen-bond acceptors (Lipinski definition) is 7. The van der Waals surface area contributed by atoms with E-state index in [1.807, 2.05) is 11.6 Å². The fourth-order valence-corrected chi connectivity index (χ4v) is 4.24. The predicted octanol–water partition coefficient (Wildman–Crippen LogP) is 5.82. The quantitative estimate of drug-likeness (QED) is 0.257. The van der Waals surface area contributed by atoms with Crippen LogP contribution in [0.25, 0.3) is 33.4 Å². The number of nitrogens with zero attached hydrogens (tertiary/aromatic N) is 5. The van der Waals surface area contributed by atoms with Crippen molar-refractivity contribution in [3.8, 4) is 34.1 Å². The zero-order valence-corrected chi connectivity index (χ0v) is 21.5. The van der Waals surface area contributed by atoms with E-state index in [1.54, 1.807) is 43.3 Å². The largest absolute Gasteiger partial charge is 0.421 e.